The lowest BCUT2D eigenvalue weighted by atomic mass is 9.75. The van der Waals surface area contributed by atoms with E-state index in [-0.39, 0.29) is 17.6 Å². The van der Waals surface area contributed by atoms with Crippen LogP contribution in [-0.4, -0.2) is 23.4 Å². The summed E-state index contributed by atoms with van der Waals surface area (Å²) in [5.74, 6) is 0.536. The molecule has 2 heteroatoms. The van der Waals surface area contributed by atoms with Crippen molar-refractivity contribution in [3.63, 3.8) is 0 Å². The molecule has 0 spiro atoms. The summed E-state index contributed by atoms with van der Waals surface area (Å²) in [7, 11) is 0. The van der Waals surface area contributed by atoms with Gasteiger partial charge < -0.3 is 9.84 Å². The van der Waals surface area contributed by atoms with E-state index >= 15 is 0 Å². The highest BCUT2D eigenvalue weighted by atomic mass is 16.5. The highest BCUT2D eigenvalue weighted by molar-refractivity contribution is 4.90. The molecule has 2 nitrogen and oxygen atoms in total. The zero-order valence-electron chi connectivity index (χ0n) is 9.37. The molecule has 1 fully saturated rings. The van der Waals surface area contributed by atoms with Crippen molar-refractivity contribution in [2.75, 3.05) is 0 Å². The smallest absolute Gasteiger partial charge is 0.0850 e. The maximum Gasteiger partial charge on any atom is 0.0850 e. The van der Waals surface area contributed by atoms with Gasteiger partial charge in [0.1, 0.15) is 0 Å². The Labute approximate surface area is 81.3 Å². The van der Waals surface area contributed by atoms with Crippen LogP contribution in [0.25, 0.3) is 0 Å². The summed E-state index contributed by atoms with van der Waals surface area (Å²) in [6.45, 7) is 10.5. The van der Waals surface area contributed by atoms with Crippen LogP contribution in [0.1, 0.15) is 41.0 Å². The molecule has 1 heterocycles. The summed E-state index contributed by atoms with van der Waals surface area (Å²) < 4.78 is 5.75. The van der Waals surface area contributed by atoms with Gasteiger partial charge in [-0.3, -0.25) is 0 Å². The first kappa shape index (κ1) is 11.0. The molecule has 0 radical (unpaired) electrons. The Balaban J connectivity index is 2.70. The van der Waals surface area contributed by atoms with Gasteiger partial charge in [-0.1, -0.05) is 27.7 Å². The van der Waals surface area contributed by atoms with Gasteiger partial charge in [0.15, 0.2) is 0 Å². The van der Waals surface area contributed by atoms with Crippen LogP contribution >= 0.6 is 0 Å². The highest BCUT2D eigenvalue weighted by Crippen LogP contribution is 2.38. The molecule has 13 heavy (non-hydrogen) atoms. The largest absolute Gasteiger partial charge is 0.390 e. The Kier molecular flexibility index (Phi) is 3.03. The minimum atomic E-state index is -0.331. The number of rotatable bonds is 1. The van der Waals surface area contributed by atoms with E-state index in [1.165, 1.54) is 0 Å². The quantitative estimate of drug-likeness (QED) is 0.680. The third-order valence-electron chi connectivity index (χ3n) is 3.11. The molecule has 1 rings (SSSR count). The average Bonchev–Trinajstić information content (AvgIpc) is 1.99. The Morgan fingerprint density at radius 1 is 1.38 bits per heavy atom. The van der Waals surface area contributed by atoms with E-state index in [0.717, 1.165) is 6.42 Å². The van der Waals surface area contributed by atoms with Crippen LogP contribution < -0.4 is 0 Å². The third kappa shape index (κ3) is 2.23. The monoisotopic (exact) mass is 186 g/mol. The van der Waals surface area contributed by atoms with E-state index in [9.17, 15) is 5.11 Å². The molecule has 78 valence electrons. The lowest BCUT2D eigenvalue weighted by molar-refractivity contribution is -0.175. The van der Waals surface area contributed by atoms with Crippen LogP contribution in [0.3, 0.4) is 0 Å². The SMILES string of the molecule is CC(C)C1CC(C)(C)C(O)C(C)O1. The molecule has 1 saturated heterocycles. The first-order valence-corrected chi connectivity index (χ1v) is 5.18. The second-order valence-corrected chi connectivity index (χ2v) is 5.26. The molecule has 0 bridgehead atoms. The van der Waals surface area contributed by atoms with Crippen molar-refractivity contribution in [3.8, 4) is 0 Å². The molecular formula is C11H22O2. The van der Waals surface area contributed by atoms with Gasteiger partial charge in [-0.25, -0.2) is 0 Å². The summed E-state index contributed by atoms with van der Waals surface area (Å²) in [5.41, 5.74) is -0.00734. The van der Waals surface area contributed by atoms with E-state index in [0.29, 0.717) is 12.0 Å². The van der Waals surface area contributed by atoms with Crippen LogP contribution in [-0.2, 0) is 4.74 Å². The lowest BCUT2D eigenvalue weighted by Crippen LogP contribution is -2.49. The van der Waals surface area contributed by atoms with Crippen molar-refractivity contribution in [2.24, 2.45) is 11.3 Å². The van der Waals surface area contributed by atoms with E-state index in [1.807, 2.05) is 6.92 Å². The van der Waals surface area contributed by atoms with Crippen molar-refractivity contribution in [1.82, 2.24) is 0 Å². The summed E-state index contributed by atoms with van der Waals surface area (Å²) in [5, 5.41) is 9.88. The molecule has 3 unspecified atom stereocenters. The van der Waals surface area contributed by atoms with Gasteiger partial charge in [-0.2, -0.15) is 0 Å². The second kappa shape index (κ2) is 3.58. The molecule has 1 aliphatic rings. The van der Waals surface area contributed by atoms with Crippen molar-refractivity contribution in [3.05, 3.63) is 0 Å². The molecular weight excluding hydrogens is 164 g/mol. The molecule has 3 atom stereocenters. The summed E-state index contributed by atoms with van der Waals surface area (Å²) in [4.78, 5) is 0. The zero-order chi connectivity index (χ0) is 10.2. The average molecular weight is 186 g/mol. The van der Waals surface area contributed by atoms with Crippen LogP contribution in [0.15, 0.2) is 0 Å². The van der Waals surface area contributed by atoms with E-state index in [1.54, 1.807) is 0 Å². The third-order valence-corrected chi connectivity index (χ3v) is 3.11. The van der Waals surface area contributed by atoms with Crippen molar-refractivity contribution >= 4 is 0 Å². The predicted octanol–water partition coefficient (Wildman–Crippen LogP) is 2.21. The molecule has 0 aromatic heterocycles. The zero-order valence-corrected chi connectivity index (χ0v) is 9.37. The molecule has 0 aromatic rings. The lowest BCUT2D eigenvalue weighted by Gasteiger charge is -2.44. The number of aliphatic hydroxyl groups excluding tert-OH is 1. The topological polar surface area (TPSA) is 29.5 Å². The fraction of sp³-hybridized carbons (Fsp3) is 1.00. The van der Waals surface area contributed by atoms with Crippen LogP contribution in [0.4, 0.5) is 0 Å². The Hall–Kier alpha value is -0.0800. The summed E-state index contributed by atoms with van der Waals surface area (Å²) in [6, 6.07) is 0. The van der Waals surface area contributed by atoms with Gasteiger partial charge in [-0.05, 0) is 24.7 Å². The van der Waals surface area contributed by atoms with Crippen LogP contribution in [0, 0.1) is 11.3 Å². The maximum atomic E-state index is 9.88. The Morgan fingerprint density at radius 2 is 1.92 bits per heavy atom. The van der Waals surface area contributed by atoms with Crippen molar-refractivity contribution in [1.29, 1.82) is 0 Å². The molecule has 0 aliphatic carbocycles. The van der Waals surface area contributed by atoms with E-state index in [4.69, 9.17) is 4.74 Å². The highest BCUT2D eigenvalue weighted by Gasteiger charge is 2.41. The first-order valence-electron chi connectivity index (χ1n) is 5.18. The van der Waals surface area contributed by atoms with Gasteiger partial charge >= 0.3 is 0 Å². The van der Waals surface area contributed by atoms with Crippen molar-refractivity contribution < 1.29 is 9.84 Å². The minimum Gasteiger partial charge on any atom is -0.390 e. The normalized spacial score (nSPS) is 39.5. The first-order chi connectivity index (χ1) is 5.84. The van der Waals surface area contributed by atoms with E-state index in [2.05, 4.69) is 27.7 Å². The van der Waals surface area contributed by atoms with Gasteiger partial charge in [0.2, 0.25) is 0 Å². The fourth-order valence-corrected chi connectivity index (χ4v) is 2.07. The van der Waals surface area contributed by atoms with E-state index < -0.39 is 0 Å². The standard InChI is InChI=1S/C11H22O2/c1-7(2)9-6-11(4,5)10(12)8(3)13-9/h7-10,12H,6H2,1-5H3. The van der Waals surface area contributed by atoms with Crippen molar-refractivity contribution in [2.45, 2.75) is 59.4 Å². The number of ether oxygens (including phenoxy) is 1. The minimum absolute atomic E-state index is 0.00734. The molecule has 0 amide bonds. The number of aliphatic hydroxyl groups is 1. The molecule has 1 aliphatic heterocycles. The van der Waals surface area contributed by atoms with Gasteiger partial charge in [0.25, 0.3) is 0 Å². The predicted molar refractivity (Wildman–Crippen MR) is 53.6 cm³/mol. The fourth-order valence-electron chi connectivity index (χ4n) is 2.07. The molecule has 0 saturated carbocycles. The summed E-state index contributed by atoms with van der Waals surface area (Å²) >= 11 is 0. The summed E-state index contributed by atoms with van der Waals surface area (Å²) in [6.07, 6.45) is 0.892. The van der Waals surface area contributed by atoms with Crippen LogP contribution in [0.5, 0.6) is 0 Å². The van der Waals surface area contributed by atoms with Crippen LogP contribution in [0.2, 0.25) is 0 Å². The van der Waals surface area contributed by atoms with Gasteiger partial charge in [-0.15, -0.1) is 0 Å². The van der Waals surface area contributed by atoms with Gasteiger partial charge in [0, 0.05) is 0 Å². The maximum absolute atomic E-state index is 9.88. The van der Waals surface area contributed by atoms with Gasteiger partial charge in [0.05, 0.1) is 18.3 Å². The second-order valence-electron chi connectivity index (χ2n) is 5.26. The molecule has 1 N–H and O–H groups in total. The number of hydrogen-bond acceptors (Lipinski definition) is 2. The number of hydrogen-bond donors (Lipinski definition) is 1. The Bertz CT molecular complexity index is 175. The molecule has 0 aromatic carbocycles. The Morgan fingerprint density at radius 3 is 2.31 bits per heavy atom.